The summed E-state index contributed by atoms with van der Waals surface area (Å²) in [5.74, 6) is 0.177. The van der Waals surface area contributed by atoms with Crippen molar-refractivity contribution >= 4 is 28.8 Å². The summed E-state index contributed by atoms with van der Waals surface area (Å²) < 4.78 is 5.72. The minimum atomic E-state index is -0.293. The van der Waals surface area contributed by atoms with Gasteiger partial charge in [-0.05, 0) is 67.6 Å². The lowest BCUT2D eigenvalue weighted by Gasteiger charge is -2.22. The van der Waals surface area contributed by atoms with Gasteiger partial charge in [0.1, 0.15) is 11.4 Å². The number of hydrogen-bond acceptors (Lipinski definition) is 4. The molecule has 0 fully saturated rings. The molecule has 0 radical (unpaired) electrons. The van der Waals surface area contributed by atoms with Crippen LogP contribution in [0, 0.1) is 13.8 Å². The van der Waals surface area contributed by atoms with Crippen LogP contribution in [0.1, 0.15) is 35.6 Å². The molecule has 34 heavy (non-hydrogen) atoms. The van der Waals surface area contributed by atoms with Crippen molar-refractivity contribution in [1.29, 1.82) is 0 Å². The Labute approximate surface area is 200 Å². The number of carbonyl (C=O) groups is 2. The molecule has 0 saturated heterocycles. The van der Waals surface area contributed by atoms with Crippen molar-refractivity contribution in [2.75, 3.05) is 23.0 Å². The van der Waals surface area contributed by atoms with E-state index in [2.05, 4.69) is 13.0 Å². The van der Waals surface area contributed by atoms with Gasteiger partial charge in [-0.15, -0.1) is 0 Å². The highest BCUT2D eigenvalue weighted by Gasteiger charge is 2.44. The lowest BCUT2D eigenvalue weighted by Crippen LogP contribution is -2.35. The predicted molar refractivity (Wildman–Crippen MR) is 135 cm³/mol. The Morgan fingerprint density at radius 3 is 2.38 bits per heavy atom. The average molecular weight is 453 g/mol. The molecule has 5 rings (SSSR count). The van der Waals surface area contributed by atoms with Gasteiger partial charge in [0.25, 0.3) is 11.8 Å². The fourth-order valence-electron chi connectivity index (χ4n) is 4.81. The van der Waals surface area contributed by atoms with Crippen molar-refractivity contribution in [3.8, 4) is 5.75 Å². The van der Waals surface area contributed by atoms with E-state index in [0.29, 0.717) is 35.7 Å². The third kappa shape index (κ3) is 3.67. The number of nitrogens with zero attached hydrogens (tertiary/aromatic N) is 2. The fraction of sp³-hybridized carbons (Fsp3) is 0.241. The third-order valence-corrected chi connectivity index (χ3v) is 6.43. The molecule has 0 atom stereocenters. The molecule has 0 unspecified atom stereocenters. The number of ether oxygens (including phenoxy) is 1. The molecule has 3 aromatic carbocycles. The molecule has 5 nitrogen and oxygen atoms in total. The van der Waals surface area contributed by atoms with Gasteiger partial charge in [-0.25, -0.2) is 4.90 Å². The number of imide groups is 1. The van der Waals surface area contributed by atoms with E-state index in [1.807, 2.05) is 79.4 Å². The van der Waals surface area contributed by atoms with Crippen molar-refractivity contribution < 1.29 is 14.3 Å². The summed E-state index contributed by atoms with van der Waals surface area (Å²) in [4.78, 5) is 31.1. The second-order valence-corrected chi connectivity index (χ2v) is 8.86. The number of aryl methyl sites for hydroxylation is 2. The molecular formula is C29H28N2O3. The van der Waals surface area contributed by atoms with Gasteiger partial charge >= 0.3 is 0 Å². The SMILES string of the molecule is CCCOc1ccc(C2=C(N3CCc4ccccc43)C(=O)N(c3ccc(C)cc3C)C2=O)cc1. The molecular weight excluding hydrogens is 424 g/mol. The van der Waals surface area contributed by atoms with Crippen LogP contribution in [0.25, 0.3) is 5.57 Å². The van der Waals surface area contributed by atoms with Gasteiger partial charge in [0.2, 0.25) is 0 Å². The second kappa shape index (κ2) is 8.82. The first-order valence-corrected chi connectivity index (χ1v) is 11.8. The Bertz CT molecular complexity index is 1310. The molecule has 0 aliphatic carbocycles. The lowest BCUT2D eigenvalue weighted by molar-refractivity contribution is -0.120. The Hall–Kier alpha value is -3.86. The van der Waals surface area contributed by atoms with E-state index in [-0.39, 0.29) is 11.8 Å². The molecule has 0 spiro atoms. The van der Waals surface area contributed by atoms with Gasteiger partial charge in [0.15, 0.2) is 0 Å². The predicted octanol–water partition coefficient (Wildman–Crippen LogP) is 5.44. The molecule has 2 amide bonds. The number of rotatable bonds is 6. The molecule has 172 valence electrons. The topological polar surface area (TPSA) is 49.9 Å². The number of amides is 2. The monoisotopic (exact) mass is 452 g/mol. The summed E-state index contributed by atoms with van der Waals surface area (Å²) in [7, 11) is 0. The van der Waals surface area contributed by atoms with Gasteiger partial charge in [-0.3, -0.25) is 9.59 Å². The molecule has 2 aliphatic rings. The van der Waals surface area contributed by atoms with Gasteiger partial charge in [-0.1, -0.05) is 55.0 Å². The highest BCUT2D eigenvalue weighted by Crippen LogP contribution is 2.41. The Balaban J connectivity index is 1.63. The highest BCUT2D eigenvalue weighted by atomic mass is 16.5. The van der Waals surface area contributed by atoms with Crippen LogP contribution in [0.2, 0.25) is 0 Å². The van der Waals surface area contributed by atoms with E-state index in [1.54, 1.807) is 0 Å². The second-order valence-electron chi connectivity index (χ2n) is 8.86. The van der Waals surface area contributed by atoms with Crippen molar-refractivity contribution in [2.24, 2.45) is 0 Å². The standard InChI is InChI=1S/C29H28N2O3/c1-4-17-34-23-12-10-22(11-13-23)26-27(30-16-15-21-7-5-6-8-25(21)30)29(33)31(28(26)32)24-14-9-19(2)18-20(24)3/h5-14,18H,4,15-17H2,1-3H3. The fourth-order valence-corrected chi connectivity index (χ4v) is 4.81. The maximum atomic E-state index is 13.9. The first-order chi connectivity index (χ1) is 16.5. The van der Waals surface area contributed by atoms with Gasteiger partial charge in [-0.2, -0.15) is 0 Å². The molecule has 0 saturated carbocycles. The molecule has 2 aliphatic heterocycles. The van der Waals surface area contributed by atoms with Gasteiger partial charge < -0.3 is 9.64 Å². The van der Waals surface area contributed by atoms with Crippen molar-refractivity contribution in [2.45, 2.75) is 33.6 Å². The average Bonchev–Trinajstić information content (AvgIpc) is 3.36. The van der Waals surface area contributed by atoms with E-state index in [9.17, 15) is 9.59 Å². The van der Waals surface area contributed by atoms with Crippen LogP contribution in [-0.2, 0) is 16.0 Å². The van der Waals surface area contributed by atoms with Crippen LogP contribution in [0.15, 0.2) is 72.4 Å². The van der Waals surface area contributed by atoms with E-state index in [4.69, 9.17) is 4.74 Å². The summed E-state index contributed by atoms with van der Waals surface area (Å²) >= 11 is 0. The summed E-state index contributed by atoms with van der Waals surface area (Å²) in [6.07, 6.45) is 1.76. The van der Waals surface area contributed by atoms with Crippen LogP contribution in [0.3, 0.4) is 0 Å². The number of hydrogen-bond donors (Lipinski definition) is 0. The summed E-state index contributed by atoms with van der Waals surface area (Å²) in [6, 6.07) is 21.4. The zero-order valence-electron chi connectivity index (χ0n) is 19.8. The van der Waals surface area contributed by atoms with Gasteiger partial charge in [0.05, 0.1) is 17.9 Å². The molecule has 0 bridgehead atoms. The summed E-state index contributed by atoms with van der Waals surface area (Å²) in [5.41, 5.74) is 6.37. The zero-order valence-corrected chi connectivity index (χ0v) is 19.8. The highest BCUT2D eigenvalue weighted by molar-refractivity contribution is 6.46. The number of carbonyl (C=O) groups excluding carboxylic acids is 2. The molecule has 5 heteroatoms. The number of anilines is 2. The first-order valence-electron chi connectivity index (χ1n) is 11.8. The molecule has 0 aromatic heterocycles. The maximum absolute atomic E-state index is 13.9. The third-order valence-electron chi connectivity index (χ3n) is 6.43. The van der Waals surface area contributed by atoms with E-state index >= 15 is 0 Å². The molecule has 0 N–H and O–H groups in total. The largest absolute Gasteiger partial charge is 0.494 e. The summed E-state index contributed by atoms with van der Waals surface area (Å²) in [6.45, 7) is 7.30. The Morgan fingerprint density at radius 2 is 1.65 bits per heavy atom. The number of fused-ring (bicyclic) bond motifs is 1. The first kappa shape index (κ1) is 22.0. The van der Waals surface area contributed by atoms with E-state index in [1.165, 1.54) is 10.5 Å². The molecule has 3 aromatic rings. The van der Waals surface area contributed by atoms with Crippen LogP contribution in [0.5, 0.6) is 5.75 Å². The van der Waals surface area contributed by atoms with E-state index in [0.717, 1.165) is 35.4 Å². The van der Waals surface area contributed by atoms with Crippen molar-refractivity contribution in [3.63, 3.8) is 0 Å². The zero-order chi connectivity index (χ0) is 23.8. The van der Waals surface area contributed by atoms with Gasteiger partial charge in [0, 0.05) is 12.2 Å². The van der Waals surface area contributed by atoms with Crippen LogP contribution in [0.4, 0.5) is 11.4 Å². The van der Waals surface area contributed by atoms with Crippen LogP contribution in [-0.4, -0.2) is 25.0 Å². The van der Waals surface area contributed by atoms with Crippen LogP contribution >= 0.6 is 0 Å². The minimum Gasteiger partial charge on any atom is -0.494 e. The Kier molecular flexibility index (Phi) is 5.70. The van der Waals surface area contributed by atoms with Crippen molar-refractivity contribution in [3.05, 3.63) is 94.7 Å². The maximum Gasteiger partial charge on any atom is 0.282 e. The number of para-hydroxylation sites is 1. The Morgan fingerprint density at radius 1 is 0.882 bits per heavy atom. The summed E-state index contributed by atoms with van der Waals surface area (Å²) in [5, 5.41) is 0. The number of benzene rings is 3. The lowest BCUT2D eigenvalue weighted by atomic mass is 10.0. The quantitative estimate of drug-likeness (QED) is 0.468. The van der Waals surface area contributed by atoms with Crippen LogP contribution < -0.4 is 14.5 Å². The van der Waals surface area contributed by atoms with Crippen molar-refractivity contribution in [1.82, 2.24) is 0 Å². The smallest absolute Gasteiger partial charge is 0.282 e. The minimum absolute atomic E-state index is 0.282. The molecule has 2 heterocycles. The normalized spacial score (nSPS) is 15.4. The van der Waals surface area contributed by atoms with E-state index < -0.39 is 0 Å².